The van der Waals surface area contributed by atoms with Gasteiger partial charge in [0.2, 0.25) is 5.91 Å². The molecule has 57 heavy (non-hydrogen) atoms. The molecule has 0 rings (SSSR count). The van der Waals surface area contributed by atoms with E-state index in [9.17, 15) is 20.1 Å². The van der Waals surface area contributed by atoms with E-state index >= 15 is 0 Å². The first-order valence-corrected chi connectivity index (χ1v) is 26.0. The van der Waals surface area contributed by atoms with Gasteiger partial charge in [0.25, 0.3) is 0 Å². The Balaban J connectivity index is 3.57. The molecule has 0 saturated heterocycles. The summed E-state index contributed by atoms with van der Waals surface area (Å²) in [6.45, 7) is 4.22. The highest BCUT2D eigenvalue weighted by Crippen LogP contribution is 2.17. The average molecular weight is 806 g/mol. The first-order valence-electron chi connectivity index (χ1n) is 26.0. The molecule has 0 aromatic rings. The Bertz CT molecular complexity index is 803. The number of amides is 1. The largest absolute Gasteiger partial charge is 0.394 e. The first kappa shape index (κ1) is 56.1. The molecular weight excluding hydrogens is 703 g/mol. The van der Waals surface area contributed by atoms with Crippen molar-refractivity contribution in [2.24, 2.45) is 0 Å². The number of unbranched alkanes of at least 4 members (excludes halogenated alkanes) is 40. The van der Waals surface area contributed by atoms with E-state index in [1.54, 1.807) is 6.08 Å². The lowest BCUT2D eigenvalue weighted by Crippen LogP contribution is -2.48. The van der Waals surface area contributed by atoms with Gasteiger partial charge in [0, 0.05) is 0 Å². The number of carbonyl (C=O) groups excluding carboxylic acids is 1. The number of aliphatic hydroxyl groups excluding tert-OH is 3. The molecule has 0 aliphatic carbocycles. The smallest absolute Gasteiger partial charge is 0.249 e. The third-order valence-electron chi connectivity index (χ3n) is 12.4. The van der Waals surface area contributed by atoms with E-state index in [0.717, 1.165) is 32.1 Å². The van der Waals surface area contributed by atoms with Crippen LogP contribution in [-0.2, 0) is 4.79 Å². The summed E-state index contributed by atoms with van der Waals surface area (Å²) < 4.78 is 0. The van der Waals surface area contributed by atoms with E-state index in [1.807, 2.05) is 6.08 Å². The second-order valence-electron chi connectivity index (χ2n) is 18.1. The molecule has 5 nitrogen and oxygen atoms in total. The van der Waals surface area contributed by atoms with Gasteiger partial charge in [-0.3, -0.25) is 4.79 Å². The van der Waals surface area contributed by atoms with Crippen molar-refractivity contribution in [2.45, 2.75) is 308 Å². The summed E-state index contributed by atoms with van der Waals surface area (Å²) in [5.41, 5.74) is 0. The minimum Gasteiger partial charge on any atom is -0.394 e. The van der Waals surface area contributed by atoms with E-state index in [1.165, 1.54) is 238 Å². The van der Waals surface area contributed by atoms with Gasteiger partial charge in [0.15, 0.2) is 0 Å². The minimum atomic E-state index is -1.09. The van der Waals surface area contributed by atoms with Crippen molar-refractivity contribution in [3.05, 3.63) is 12.2 Å². The fourth-order valence-electron chi connectivity index (χ4n) is 8.31. The number of hydrogen-bond acceptors (Lipinski definition) is 4. The minimum absolute atomic E-state index is 0.359. The molecule has 0 aliphatic heterocycles. The summed E-state index contributed by atoms with van der Waals surface area (Å²) in [7, 11) is 0. The molecule has 0 bridgehead atoms. The second kappa shape index (κ2) is 47.8. The molecule has 0 saturated carbocycles. The van der Waals surface area contributed by atoms with Crippen LogP contribution in [0, 0.1) is 0 Å². The Morgan fingerprint density at radius 3 is 0.965 bits per heavy atom. The van der Waals surface area contributed by atoms with Crippen LogP contribution >= 0.6 is 0 Å². The summed E-state index contributed by atoms with van der Waals surface area (Å²) in [6.07, 6.45) is 58.4. The molecule has 3 unspecified atom stereocenters. The third-order valence-corrected chi connectivity index (χ3v) is 12.4. The van der Waals surface area contributed by atoms with E-state index in [4.69, 9.17) is 0 Å². The van der Waals surface area contributed by atoms with Crippen molar-refractivity contribution in [1.82, 2.24) is 5.32 Å². The van der Waals surface area contributed by atoms with Gasteiger partial charge in [-0.15, -0.1) is 0 Å². The van der Waals surface area contributed by atoms with Crippen molar-refractivity contribution < 1.29 is 20.1 Å². The molecule has 0 spiro atoms. The predicted octanol–water partition coefficient (Wildman–Crippen LogP) is 15.6. The molecule has 0 aliphatic rings. The number of carbonyl (C=O) groups is 1. The fourth-order valence-corrected chi connectivity index (χ4v) is 8.31. The van der Waals surface area contributed by atoms with E-state index in [0.29, 0.717) is 6.42 Å². The highest BCUT2D eigenvalue weighted by atomic mass is 16.3. The molecule has 4 N–H and O–H groups in total. The summed E-state index contributed by atoms with van der Waals surface area (Å²) in [4.78, 5) is 12.5. The molecule has 0 radical (unpaired) electrons. The molecule has 0 aromatic carbocycles. The quantitative estimate of drug-likeness (QED) is 0.0364. The number of aliphatic hydroxyl groups is 3. The van der Waals surface area contributed by atoms with Crippen molar-refractivity contribution in [3.63, 3.8) is 0 Å². The first-order chi connectivity index (χ1) is 28.1. The zero-order valence-corrected chi connectivity index (χ0v) is 38.7. The summed E-state index contributed by atoms with van der Waals surface area (Å²) >= 11 is 0. The van der Waals surface area contributed by atoms with Gasteiger partial charge >= 0.3 is 0 Å². The zero-order valence-electron chi connectivity index (χ0n) is 38.7. The summed E-state index contributed by atoms with van der Waals surface area (Å²) in [6, 6.07) is -0.793. The monoisotopic (exact) mass is 806 g/mol. The number of hydrogen-bond donors (Lipinski definition) is 4. The third kappa shape index (κ3) is 43.0. The van der Waals surface area contributed by atoms with Crippen LogP contribution in [0.5, 0.6) is 0 Å². The van der Waals surface area contributed by atoms with Gasteiger partial charge in [0.05, 0.1) is 18.8 Å². The van der Waals surface area contributed by atoms with E-state index in [2.05, 4.69) is 19.2 Å². The van der Waals surface area contributed by atoms with Crippen LogP contribution in [0.3, 0.4) is 0 Å². The van der Waals surface area contributed by atoms with Crippen molar-refractivity contribution in [3.8, 4) is 0 Å². The molecule has 5 heteroatoms. The van der Waals surface area contributed by atoms with Crippen molar-refractivity contribution >= 4 is 5.91 Å². The standard InChI is InChI=1S/C52H103NO4/c1-3-5-7-9-11-13-15-17-19-21-23-25-27-29-31-33-35-37-39-41-43-45-47-51(56)52(57)53-49(48-54)50(55)46-44-42-40-38-36-34-32-30-28-26-24-22-20-18-16-14-12-10-8-6-4-2/h44,46,49-51,54-56H,3-43,45,47-48H2,1-2H3,(H,53,57)/b46-44+. The van der Waals surface area contributed by atoms with Crippen LogP contribution in [-0.4, -0.2) is 46.1 Å². The van der Waals surface area contributed by atoms with Crippen molar-refractivity contribution in [2.75, 3.05) is 6.61 Å². The number of allylic oxidation sites excluding steroid dienone is 1. The lowest BCUT2D eigenvalue weighted by atomic mass is 10.0. The van der Waals surface area contributed by atoms with Gasteiger partial charge in [-0.1, -0.05) is 283 Å². The van der Waals surface area contributed by atoms with Crippen LogP contribution in [0.15, 0.2) is 12.2 Å². The Morgan fingerprint density at radius 1 is 0.421 bits per heavy atom. The Morgan fingerprint density at radius 2 is 0.684 bits per heavy atom. The van der Waals surface area contributed by atoms with Crippen molar-refractivity contribution in [1.29, 1.82) is 0 Å². The number of nitrogens with one attached hydrogen (secondary N) is 1. The molecule has 3 atom stereocenters. The number of rotatable bonds is 48. The van der Waals surface area contributed by atoms with Crippen LogP contribution in [0.4, 0.5) is 0 Å². The SMILES string of the molecule is CCCCCCCCCCCCCCCCCCCCC/C=C/C(O)C(CO)NC(=O)C(O)CCCCCCCCCCCCCCCCCCCCCCCC. The van der Waals surface area contributed by atoms with E-state index < -0.39 is 24.2 Å². The molecule has 340 valence electrons. The molecule has 0 heterocycles. The van der Waals surface area contributed by atoms with Gasteiger partial charge in [-0.05, 0) is 19.3 Å². The highest BCUT2D eigenvalue weighted by molar-refractivity contribution is 5.80. The predicted molar refractivity (Wildman–Crippen MR) is 250 cm³/mol. The van der Waals surface area contributed by atoms with Gasteiger partial charge in [0.1, 0.15) is 6.10 Å². The van der Waals surface area contributed by atoms with Crippen LogP contribution in [0.2, 0.25) is 0 Å². The Kier molecular flexibility index (Phi) is 47.0. The van der Waals surface area contributed by atoms with E-state index in [-0.39, 0.29) is 6.61 Å². The van der Waals surface area contributed by atoms with Gasteiger partial charge < -0.3 is 20.6 Å². The van der Waals surface area contributed by atoms with Gasteiger partial charge in [-0.25, -0.2) is 0 Å². The van der Waals surface area contributed by atoms with Gasteiger partial charge in [-0.2, -0.15) is 0 Å². The maximum Gasteiger partial charge on any atom is 0.249 e. The lowest BCUT2D eigenvalue weighted by Gasteiger charge is -2.21. The van der Waals surface area contributed by atoms with Crippen LogP contribution in [0.1, 0.15) is 290 Å². The Hall–Kier alpha value is -0.910. The summed E-state index contributed by atoms with van der Waals surface area (Å²) in [5, 5.41) is 33.3. The molecular formula is C52H103NO4. The molecule has 1 amide bonds. The molecule has 0 fully saturated rings. The highest BCUT2D eigenvalue weighted by Gasteiger charge is 2.22. The average Bonchev–Trinajstić information content (AvgIpc) is 3.22. The fraction of sp³-hybridized carbons (Fsp3) is 0.942. The summed E-state index contributed by atoms with van der Waals surface area (Å²) in [5.74, 6) is -0.496. The van der Waals surface area contributed by atoms with Crippen LogP contribution in [0.25, 0.3) is 0 Å². The Labute approximate surface area is 357 Å². The zero-order chi connectivity index (χ0) is 41.5. The normalized spacial score (nSPS) is 13.4. The topological polar surface area (TPSA) is 89.8 Å². The lowest BCUT2D eigenvalue weighted by molar-refractivity contribution is -0.131. The van der Waals surface area contributed by atoms with Crippen LogP contribution < -0.4 is 5.32 Å². The second-order valence-corrected chi connectivity index (χ2v) is 18.1. The molecule has 0 aromatic heterocycles. The maximum absolute atomic E-state index is 12.5. The maximum atomic E-state index is 12.5.